The Morgan fingerprint density at radius 2 is 1.78 bits per heavy atom. The van der Waals surface area contributed by atoms with E-state index in [1.165, 1.54) is 23.2 Å². The molecule has 2 aromatic heterocycles. The Labute approximate surface area is 274 Å². The third kappa shape index (κ3) is 5.50. The van der Waals surface area contributed by atoms with E-state index in [2.05, 4.69) is 85.4 Å². The fourth-order valence-electron chi connectivity index (χ4n) is 7.39. The van der Waals surface area contributed by atoms with E-state index in [0.29, 0.717) is 25.2 Å². The van der Waals surface area contributed by atoms with E-state index in [1.54, 1.807) is 0 Å². The van der Waals surface area contributed by atoms with Crippen LogP contribution >= 0.6 is 11.6 Å². The molecule has 1 atom stereocenters. The molecule has 0 radical (unpaired) electrons. The number of hydrogen-bond acceptors (Lipinski definition) is 7. The first-order valence-corrected chi connectivity index (χ1v) is 16.7. The van der Waals surface area contributed by atoms with Crippen molar-refractivity contribution in [3.05, 3.63) is 113 Å². The van der Waals surface area contributed by atoms with Crippen LogP contribution in [-0.2, 0) is 32.6 Å². The number of ether oxygens (including phenoxy) is 1. The van der Waals surface area contributed by atoms with E-state index < -0.39 is 0 Å². The van der Waals surface area contributed by atoms with Crippen molar-refractivity contribution in [1.29, 1.82) is 0 Å². The van der Waals surface area contributed by atoms with Gasteiger partial charge in [0.05, 0.1) is 35.7 Å². The number of benzene rings is 3. The van der Waals surface area contributed by atoms with Crippen molar-refractivity contribution in [2.24, 2.45) is 0 Å². The molecule has 0 aliphatic carbocycles. The maximum Gasteiger partial charge on any atom is 0.318 e. The summed E-state index contributed by atoms with van der Waals surface area (Å²) in [6.45, 7) is 10.5. The van der Waals surface area contributed by atoms with E-state index in [9.17, 15) is 0 Å². The Bertz CT molecular complexity index is 1890. The largest absolute Gasteiger partial charge is 0.462 e. The number of nitrogens with zero attached hydrogens (tertiary/aromatic N) is 7. The van der Waals surface area contributed by atoms with Gasteiger partial charge in [-0.2, -0.15) is 9.97 Å². The summed E-state index contributed by atoms with van der Waals surface area (Å²) in [6.07, 6.45) is 6.92. The highest BCUT2D eigenvalue weighted by atomic mass is 35.5. The Morgan fingerprint density at radius 3 is 2.65 bits per heavy atom. The van der Waals surface area contributed by atoms with Crippen molar-refractivity contribution in [2.75, 3.05) is 36.0 Å². The molecular formula is C37H38ClN7O. The van der Waals surface area contributed by atoms with Gasteiger partial charge in [0.1, 0.15) is 18.2 Å². The number of aromatic nitrogens is 4. The molecule has 0 N–H and O–H groups in total. The van der Waals surface area contributed by atoms with Gasteiger partial charge in [0, 0.05) is 48.9 Å². The number of likely N-dealkylation sites (tertiary alicyclic amines) is 1. The first-order valence-electron chi connectivity index (χ1n) is 16.3. The van der Waals surface area contributed by atoms with Gasteiger partial charge in [-0.25, -0.2) is 4.98 Å². The average Bonchev–Trinajstić information content (AvgIpc) is 3.73. The molecule has 0 spiro atoms. The second-order valence-electron chi connectivity index (χ2n) is 12.5. The fourth-order valence-corrected chi connectivity index (χ4v) is 7.67. The topological polar surface area (TPSA) is 62.6 Å². The lowest BCUT2D eigenvalue weighted by Crippen LogP contribution is -2.38. The van der Waals surface area contributed by atoms with Gasteiger partial charge in [0.2, 0.25) is 0 Å². The van der Waals surface area contributed by atoms with Crippen LogP contribution in [0.25, 0.3) is 16.8 Å². The molecule has 1 fully saturated rings. The van der Waals surface area contributed by atoms with Gasteiger partial charge in [-0.3, -0.25) is 4.90 Å². The highest BCUT2D eigenvalue weighted by Crippen LogP contribution is 2.37. The van der Waals surface area contributed by atoms with Crippen LogP contribution in [0.2, 0.25) is 5.02 Å². The van der Waals surface area contributed by atoms with E-state index in [1.807, 2.05) is 24.4 Å². The van der Waals surface area contributed by atoms with Crippen LogP contribution in [0.5, 0.6) is 6.01 Å². The minimum atomic E-state index is 0.333. The van der Waals surface area contributed by atoms with Crippen LogP contribution in [0.3, 0.4) is 0 Å². The number of rotatable bonds is 8. The number of halogens is 1. The maximum absolute atomic E-state index is 6.76. The van der Waals surface area contributed by atoms with Gasteiger partial charge in [-0.05, 0) is 55.0 Å². The molecule has 3 aromatic carbocycles. The van der Waals surface area contributed by atoms with E-state index in [0.717, 1.165) is 90.9 Å². The molecule has 5 aromatic rings. The van der Waals surface area contributed by atoms with E-state index in [4.69, 9.17) is 26.3 Å². The molecule has 8 nitrogen and oxygen atoms in total. The monoisotopic (exact) mass is 631 g/mol. The zero-order valence-electron chi connectivity index (χ0n) is 26.0. The van der Waals surface area contributed by atoms with Crippen molar-refractivity contribution in [2.45, 2.75) is 51.5 Å². The third-order valence-corrected chi connectivity index (χ3v) is 10.0. The Balaban J connectivity index is 1.10. The normalized spacial score (nSPS) is 18.1. The smallest absolute Gasteiger partial charge is 0.318 e. The molecule has 46 heavy (non-hydrogen) atoms. The lowest BCUT2D eigenvalue weighted by molar-refractivity contribution is 0.159. The zero-order chi connectivity index (χ0) is 31.0. The SMILES string of the molecule is C=Cc1ncc2n1CCN(c1nc(OCC3CCCN3Cc3ccccc3)nc3c1CCN(c1cccc4cccc(Cl)c14)C3)C2. The summed E-state index contributed by atoms with van der Waals surface area (Å²) in [5.74, 6) is 1.90. The van der Waals surface area contributed by atoms with Crippen LogP contribution in [0.1, 0.15) is 41.2 Å². The number of imidazole rings is 1. The van der Waals surface area contributed by atoms with Crippen molar-refractivity contribution in [3.63, 3.8) is 0 Å². The molecule has 9 heteroatoms. The number of anilines is 2. The molecule has 3 aliphatic heterocycles. The van der Waals surface area contributed by atoms with Crippen molar-refractivity contribution in [1.82, 2.24) is 24.4 Å². The quantitative estimate of drug-likeness (QED) is 0.188. The molecule has 234 valence electrons. The van der Waals surface area contributed by atoms with Crippen LogP contribution in [0.4, 0.5) is 11.5 Å². The summed E-state index contributed by atoms with van der Waals surface area (Å²) in [7, 11) is 0. The summed E-state index contributed by atoms with van der Waals surface area (Å²) in [5, 5.41) is 3.00. The van der Waals surface area contributed by atoms with Gasteiger partial charge in [-0.15, -0.1) is 0 Å². The van der Waals surface area contributed by atoms with Crippen molar-refractivity contribution < 1.29 is 4.74 Å². The molecule has 0 saturated carbocycles. The first-order chi connectivity index (χ1) is 22.6. The Hall–Kier alpha value is -4.40. The minimum Gasteiger partial charge on any atom is -0.462 e. The molecule has 0 amide bonds. The first kappa shape index (κ1) is 29.0. The molecule has 5 heterocycles. The predicted molar refractivity (Wildman–Crippen MR) is 184 cm³/mol. The van der Waals surface area contributed by atoms with Gasteiger partial charge in [0.25, 0.3) is 0 Å². The number of hydrogen-bond donors (Lipinski definition) is 0. The standard InChI is InChI=1S/C37H38ClN7O/c1-2-34-39-21-29-23-44(19-20-45(29)34)36-30-16-18-43(33-15-7-12-27-11-6-14-31(38)35(27)33)24-32(30)40-37(41-36)46-25-28-13-8-17-42(28)22-26-9-4-3-5-10-26/h2-7,9-12,14-15,21,28H,1,8,13,16-20,22-25H2. The zero-order valence-corrected chi connectivity index (χ0v) is 26.7. The van der Waals surface area contributed by atoms with Crippen LogP contribution in [0.15, 0.2) is 79.5 Å². The average molecular weight is 632 g/mol. The summed E-state index contributed by atoms with van der Waals surface area (Å²) in [6, 6.07) is 24.0. The molecule has 1 saturated heterocycles. The van der Waals surface area contributed by atoms with E-state index >= 15 is 0 Å². The maximum atomic E-state index is 6.76. The lowest BCUT2D eigenvalue weighted by atomic mass is 10.0. The molecule has 0 bridgehead atoms. The van der Waals surface area contributed by atoms with E-state index in [-0.39, 0.29) is 0 Å². The van der Waals surface area contributed by atoms with Gasteiger partial charge in [-0.1, -0.05) is 72.8 Å². The second-order valence-corrected chi connectivity index (χ2v) is 12.9. The molecule has 1 unspecified atom stereocenters. The minimum absolute atomic E-state index is 0.333. The molecule has 8 rings (SSSR count). The van der Waals surface area contributed by atoms with Gasteiger partial charge < -0.3 is 19.1 Å². The van der Waals surface area contributed by atoms with Crippen LogP contribution < -0.4 is 14.5 Å². The lowest BCUT2D eigenvalue weighted by Gasteiger charge is -2.36. The van der Waals surface area contributed by atoms with Crippen LogP contribution in [-0.4, -0.2) is 56.7 Å². The Morgan fingerprint density at radius 1 is 0.913 bits per heavy atom. The van der Waals surface area contributed by atoms with Gasteiger partial charge in [0.15, 0.2) is 0 Å². The summed E-state index contributed by atoms with van der Waals surface area (Å²) >= 11 is 6.76. The highest BCUT2D eigenvalue weighted by molar-refractivity contribution is 6.36. The summed E-state index contributed by atoms with van der Waals surface area (Å²) < 4.78 is 8.77. The predicted octanol–water partition coefficient (Wildman–Crippen LogP) is 6.75. The molecular weight excluding hydrogens is 594 g/mol. The van der Waals surface area contributed by atoms with Gasteiger partial charge >= 0.3 is 6.01 Å². The summed E-state index contributed by atoms with van der Waals surface area (Å²) in [4.78, 5) is 22.1. The van der Waals surface area contributed by atoms with Crippen LogP contribution in [0, 0.1) is 0 Å². The highest BCUT2D eigenvalue weighted by Gasteiger charge is 2.30. The van der Waals surface area contributed by atoms with Crippen molar-refractivity contribution >= 4 is 40.0 Å². The molecule has 3 aliphatic rings. The second kappa shape index (κ2) is 12.4. The Kier molecular flexibility index (Phi) is 7.84. The fraction of sp³-hybridized carbons (Fsp3) is 0.324. The third-order valence-electron chi connectivity index (χ3n) is 9.73. The number of fused-ring (bicyclic) bond motifs is 3. The summed E-state index contributed by atoms with van der Waals surface area (Å²) in [5.41, 5.74) is 5.87. The van der Waals surface area contributed by atoms with Crippen molar-refractivity contribution in [3.8, 4) is 6.01 Å².